The number of halogens is 1. The molecule has 2 bridgehead atoms. The molecule has 1 fully saturated rings. The Morgan fingerprint density at radius 2 is 1.82 bits per heavy atom. The van der Waals surface area contributed by atoms with Crippen LogP contribution in [0.2, 0.25) is 5.02 Å². The zero-order valence-electron chi connectivity index (χ0n) is 18.9. The van der Waals surface area contributed by atoms with Gasteiger partial charge in [-0.05, 0) is 59.4 Å². The average Bonchev–Trinajstić information content (AvgIpc) is 2.85. The maximum atomic E-state index is 12.8. The lowest BCUT2D eigenvalue weighted by atomic mass is 9.81. The molecule has 1 saturated heterocycles. The van der Waals surface area contributed by atoms with E-state index in [-0.39, 0.29) is 5.56 Å². The Balaban J connectivity index is 1.28. The first-order valence-corrected chi connectivity index (χ1v) is 12.2. The molecule has 6 rings (SSSR count). The Kier molecular flexibility index (Phi) is 5.56. The largest absolute Gasteiger partial charge is 0.311 e. The number of benzene rings is 2. The van der Waals surface area contributed by atoms with Crippen LogP contribution < -0.4 is 5.56 Å². The second-order valence-electron chi connectivity index (χ2n) is 9.54. The van der Waals surface area contributed by atoms with Gasteiger partial charge in [0.1, 0.15) is 0 Å². The minimum Gasteiger partial charge on any atom is -0.311 e. The first-order chi connectivity index (χ1) is 16.6. The molecule has 4 aromatic rings. The van der Waals surface area contributed by atoms with Gasteiger partial charge in [0.25, 0.3) is 5.56 Å². The molecule has 0 spiro atoms. The summed E-state index contributed by atoms with van der Waals surface area (Å²) in [5, 5.41) is 1.92. The minimum absolute atomic E-state index is 0.112. The van der Waals surface area contributed by atoms with E-state index in [1.807, 2.05) is 47.2 Å². The number of aromatic nitrogens is 2. The van der Waals surface area contributed by atoms with E-state index in [1.165, 1.54) is 16.6 Å². The summed E-state index contributed by atoms with van der Waals surface area (Å²) in [5.74, 6) is 0.840. The smallest absolute Gasteiger partial charge is 0.250 e. The van der Waals surface area contributed by atoms with Crippen LogP contribution in [0, 0.1) is 5.92 Å². The van der Waals surface area contributed by atoms with Gasteiger partial charge in [-0.15, -0.1) is 0 Å². The number of hydrogen-bond acceptors (Lipinski definition) is 3. The average molecular weight is 468 g/mol. The Morgan fingerprint density at radius 3 is 2.71 bits per heavy atom. The van der Waals surface area contributed by atoms with Crippen molar-refractivity contribution in [2.45, 2.75) is 25.4 Å². The van der Waals surface area contributed by atoms with Gasteiger partial charge in [-0.2, -0.15) is 0 Å². The van der Waals surface area contributed by atoms with E-state index in [9.17, 15) is 4.79 Å². The van der Waals surface area contributed by atoms with Crippen LogP contribution in [0.1, 0.15) is 34.7 Å². The predicted molar refractivity (Wildman–Crippen MR) is 139 cm³/mol. The van der Waals surface area contributed by atoms with Crippen molar-refractivity contribution >= 4 is 34.7 Å². The second kappa shape index (κ2) is 8.86. The Labute approximate surface area is 204 Å². The van der Waals surface area contributed by atoms with Gasteiger partial charge in [-0.25, -0.2) is 0 Å². The van der Waals surface area contributed by atoms with Gasteiger partial charge >= 0.3 is 0 Å². The number of nitrogens with zero attached hydrogens (tertiary/aromatic N) is 3. The molecule has 34 heavy (non-hydrogen) atoms. The summed E-state index contributed by atoms with van der Waals surface area (Å²) in [4.78, 5) is 19.9. The van der Waals surface area contributed by atoms with Gasteiger partial charge in [0.05, 0.1) is 5.52 Å². The molecule has 0 unspecified atom stereocenters. The molecule has 0 saturated carbocycles. The van der Waals surface area contributed by atoms with E-state index in [0.29, 0.717) is 11.8 Å². The fourth-order valence-electron chi connectivity index (χ4n) is 5.64. The van der Waals surface area contributed by atoms with E-state index in [1.54, 1.807) is 6.07 Å². The lowest BCUT2D eigenvalue weighted by Crippen LogP contribution is -2.47. The third kappa shape index (κ3) is 4.20. The molecular weight excluding hydrogens is 442 g/mol. The highest BCUT2D eigenvalue weighted by Crippen LogP contribution is 2.37. The molecular formula is C29H26ClN3O. The van der Waals surface area contributed by atoms with Crippen LogP contribution in [-0.4, -0.2) is 27.5 Å². The van der Waals surface area contributed by atoms with E-state index in [4.69, 9.17) is 11.6 Å². The van der Waals surface area contributed by atoms with Crippen LogP contribution in [0.25, 0.3) is 23.1 Å². The quantitative estimate of drug-likeness (QED) is 0.378. The van der Waals surface area contributed by atoms with Gasteiger partial charge in [0, 0.05) is 60.5 Å². The molecule has 170 valence electrons. The Bertz CT molecular complexity index is 1440. The highest BCUT2D eigenvalue weighted by Gasteiger charge is 2.35. The minimum atomic E-state index is 0.112. The van der Waals surface area contributed by atoms with Crippen molar-refractivity contribution in [2.75, 3.05) is 13.1 Å². The molecule has 2 aliphatic rings. The van der Waals surface area contributed by atoms with Crippen LogP contribution in [-0.2, 0) is 13.1 Å². The molecule has 4 heterocycles. The molecule has 5 heteroatoms. The van der Waals surface area contributed by atoms with Crippen molar-refractivity contribution in [1.29, 1.82) is 0 Å². The standard InChI is InChI=1S/C29H26ClN3O/c30-26-10-6-20(7-11-26)5-8-23-9-12-28(34)33-18-22-14-25(29(23)33)19-32(17-22)16-21-13-24-3-1-2-4-27(24)31-15-21/h1-13,15,22,25H,14,16-19H2/b8-5+/t22-,25+/m0/s1. The fraction of sp³-hybridized carbons (Fsp3) is 0.241. The van der Waals surface area contributed by atoms with E-state index >= 15 is 0 Å². The summed E-state index contributed by atoms with van der Waals surface area (Å²) >= 11 is 6.03. The number of likely N-dealkylation sites (tertiary alicyclic amines) is 1. The van der Waals surface area contributed by atoms with Crippen molar-refractivity contribution < 1.29 is 0 Å². The summed E-state index contributed by atoms with van der Waals surface area (Å²) in [5.41, 5.74) is 5.79. The monoisotopic (exact) mass is 467 g/mol. The predicted octanol–water partition coefficient (Wildman–Crippen LogP) is 5.84. The molecule has 2 aromatic carbocycles. The summed E-state index contributed by atoms with van der Waals surface area (Å²) in [7, 11) is 0. The molecule has 0 amide bonds. The molecule has 0 N–H and O–H groups in total. The third-order valence-electron chi connectivity index (χ3n) is 7.08. The van der Waals surface area contributed by atoms with E-state index in [0.717, 1.165) is 54.3 Å². The van der Waals surface area contributed by atoms with Crippen molar-refractivity contribution in [3.8, 4) is 0 Å². The van der Waals surface area contributed by atoms with Gasteiger partial charge < -0.3 is 4.57 Å². The lowest BCUT2D eigenvalue weighted by molar-refractivity contribution is 0.114. The number of piperidine rings is 1. The topological polar surface area (TPSA) is 38.1 Å². The number of rotatable bonds is 4. The maximum Gasteiger partial charge on any atom is 0.250 e. The van der Waals surface area contributed by atoms with E-state index < -0.39 is 0 Å². The molecule has 2 aliphatic heterocycles. The SMILES string of the molecule is O=c1ccc(/C=C/c2ccc(Cl)cc2)c2n1C[C@H]1C[C@@H]2CN(Cc2cnc3ccccc3c2)C1. The Hall–Kier alpha value is -3.21. The van der Waals surface area contributed by atoms with Crippen molar-refractivity contribution in [3.05, 3.63) is 111 Å². The number of para-hydroxylation sites is 1. The second-order valence-corrected chi connectivity index (χ2v) is 9.97. The van der Waals surface area contributed by atoms with Gasteiger partial charge in [-0.1, -0.05) is 54.1 Å². The Morgan fingerprint density at radius 1 is 0.971 bits per heavy atom. The van der Waals surface area contributed by atoms with Crippen molar-refractivity contribution in [1.82, 2.24) is 14.5 Å². The summed E-state index contributed by atoms with van der Waals surface area (Å²) < 4.78 is 2.02. The molecule has 2 atom stereocenters. The number of pyridine rings is 2. The number of fused-ring (bicyclic) bond motifs is 5. The third-order valence-corrected chi connectivity index (χ3v) is 7.33. The zero-order chi connectivity index (χ0) is 23.1. The van der Waals surface area contributed by atoms with Crippen molar-refractivity contribution in [2.24, 2.45) is 5.92 Å². The highest BCUT2D eigenvalue weighted by atomic mass is 35.5. The number of hydrogen-bond donors (Lipinski definition) is 0. The van der Waals surface area contributed by atoms with Gasteiger partial charge in [0.2, 0.25) is 0 Å². The normalized spacial score (nSPS) is 20.0. The summed E-state index contributed by atoms with van der Waals surface area (Å²) in [6, 6.07) is 22.0. The fourth-order valence-corrected chi connectivity index (χ4v) is 5.76. The molecule has 0 aliphatic carbocycles. The van der Waals surface area contributed by atoms with E-state index in [2.05, 4.69) is 46.3 Å². The van der Waals surface area contributed by atoms with Crippen LogP contribution in [0.15, 0.2) is 77.7 Å². The first-order valence-electron chi connectivity index (χ1n) is 11.9. The summed E-state index contributed by atoms with van der Waals surface area (Å²) in [6.07, 6.45) is 7.38. The maximum absolute atomic E-state index is 12.8. The van der Waals surface area contributed by atoms with Crippen LogP contribution in [0.3, 0.4) is 0 Å². The summed E-state index contributed by atoms with van der Waals surface area (Å²) in [6.45, 7) is 3.65. The van der Waals surface area contributed by atoms with Gasteiger partial charge in [0.15, 0.2) is 0 Å². The van der Waals surface area contributed by atoms with Gasteiger partial charge in [-0.3, -0.25) is 14.7 Å². The van der Waals surface area contributed by atoms with Crippen molar-refractivity contribution in [3.63, 3.8) is 0 Å². The zero-order valence-corrected chi connectivity index (χ0v) is 19.7. The lowest BCUT2D eigenvalue weighted by Gasteiger charge is -2.43. The van der Waals surface area contributed by atoms with Crippen LogP contribution in [0.5, 0.6) is 0 Å². The molecule has 4 nitrogen and oxygen atoms in total. The molecule has 0 radical (unpaired) electrons. The first kappa shape index (κ1) is 21.3. The molecule has 2 aromatic heterocycles. The van der Waals surface area contributed by atoms with Crippen LogP contribution >= 0.6 is 11.6 Å². The van der Waals surface area contributed by atoms with Crippen LogP contribution in [0.4, 0.5) is 0 Å². The highest BCUT2D eigenvalue weighted by molar-refractivity contribution is 6.30.